The van der Waals surface area contributed by atoms with Gasteiger partial charge < -0.3 is 14.2 Å². The second-order valence-corrected chi connectivity index (χ2v) is 2.60. The van der Waals surface area contributed by atoms with Crippen molar-refractivity contribution in [3.63, 3.8) is 0 Å². The van der Waals surface area contributed by atoms with Gasteiger partial charge in [-0.1, -0.05) is 12.1 Å². The van der Waals surface area contributed by atoms with Crippen LogP contribution in [-0.2, 0) is 16.1 Å². The van der Waals surface area contributed by atoms with E-state index in [9.17, 15) is 0 Å². The Morgan fingerprint density at radius 2 is 1.77 bits per heavy atom. The average molecular weight is 182 g/mol. The predicted molar refractivity (Wildman–Crippen MR) is 49.7 cm³/mol. The normalized spacial score (nSPS) is 10.0. The maximum Gasteiger partial charge on any atom is 0.146 e. The molecule has 1 aromatic rings. The van der Waals surface area contributed by atoms with Crippen molar-refractivity contribution in [1.29, 1.82) is 0 Å². The minimum absolute atomic E-state index is 0.325. The van der Waals surface area contributed by atoms with Crippen LogP contribution in [0.3, 0.4) is 0 Å². The molecule has 0 aliphatic rings. The Bertz CT molecular complexity index is 230. The van der Waals surface area contributed by atoms with Crippen molar-refractivity contribution >= 4 is 0 Å². The van der Waals surface area contributed by atoms with Crippen LogP contribution in [0.4, 0.5) is 0 Å². The van der Waals surface area contributed by atoms with E-state index in [4.69, 9.17) is 14.2 Å². The Hall–Kier alpha value is -1.06. The van der Waals surface area contributed by atoms with Crippen LogP contribution >= 0.6 is 0 Å². The minimum Gasteiger partial charge on any atom is -0.497 e. The number of ether oxygens (including phenoxy) is 3. The van der Waals surface area contributed by atoms with Gasteiger partial charge in [-0.15, -0.1) is 0 Å². The minimum atomic E-state index is 0.325. The zero-order chi connectivity index (χ0) is 9.52. The lowest BCUT2D eigenvalue weighted by Crippen LogP contribution is -1.96. The van der Waals surface area contributed by atoms with Gasteiger partial charge in [0.25, 0.3) is 0 Å². The molecule has 1 aromatic carbocycles. The van der Waals surface area contributed by atoms with Gasteiger partial charge in [-0.05, 0) is 17.7 Å². The SMILES string of the molecule is COCOCc1ccc(OC)cc1. The van der Waals surface area contributed by atoms with Gasteiger partial charge in [0.2, 0.25) is 0 Å². The molecule has 3 heteroatoms. The van der Waals surface area contributed by atoms with Gasteiger partial charge in [0.05, 0.1) is 13.7 Å². The maximum absolute atomic E-state index is 5.18. The van der Waals surface area contributed by atoms with Crippen LogP contribution in [-0.4, -0.2) is 21.0 Å². The van der Waals surface area contributed by atoms with Gasteiger partial charge in [-0.2, -0.15) is 0 Å². The quantitative estimate of drug-likeness (QED) is 0.513. The molecule has 0 radical (unpaired) electrons. The summed E-state index contributed by atoms with van der Waals surface area (Å²) < 4.78 is 15.0. The fraction of sp³-hybridized carbons (Fsp3) is 0.400. The lowest BCUT2D eigenvalue weighted by atomic mass is 10.2. The summed E-state index contributed by atoms with van der Waals surface area (Å²) in [4.78, 5) is 0. The molecule has 0 bridgehead atoms. The first kappa shape index (κ1) is 10.0. The van der Waals surface area contributed by atoms with Crippen LogP contribution in [0.2, 0.25) is 0 Å². The number of rotatable bonds is 5. The van der Waals surface area contributed by atoms with Crippen LogP contribution in [0.25, 0.3) is 0 Å². The van der Waals surface area contributed by atoms with Crippen LogP contribution < -0.4 is 4.74 Å². The van der Waals surface area contributed by atoms with E-state index in [0.29, 0.717) is 13.4 Å². The molecular weight excluding hydrogens is 168 g/mol. The lowest BCUT2D eigenvalue weighted by Gasteiger charge is -2.03. The van der Waals surface area contributed by atoms with Gasteiger partial charge in [-0.25, -0.2) is 0 Å². The fourth-order valence-electron chi connectivity index (χ4n) is 0.965. The summed E-state index contributed by atoms with van der Waals surface area (Å²) in [6, 6.07) is 7.75. The lowest BCUT2D eigenvalue weighted by molar-refractivity contribution is -0.0390. The fourth-order valence-corrected chi connectivity index (χ4v) is 0.965. The predicted octanol–water partition coefficient (Wildman–Crippen LogP) is 1.82. The number of hydrogen-bond acceptors (Lipinski definition) is 3. The summed E-state index contributed by atoms with van der Waals surface area (Å²) in [5.74, 6) is 0.857. The molecule has 0 unspecified atom stereocenters. The largest absolute Gasteiger partial charge is 0.497 e. The number of benzene rings is 1. The topological polar surface area (TPSA) is 27.7 Å². The molecule has 1 rings (SSSR count). The molecule has 0 aliphatic heterocycles. The third kappa shape index (κ3) is 3.44. The van der Waals surface area contributed by atoms with Gasteiger partial charge in [0.15, 0.2) is 0 Å². The van der Waals surface area contributed by atoms with Crippen LogP contribution in [0.1, 0.15) is 5.56 Å². The average Bonchev–Trinajstić information content (AvgIpc) is 2.19. The molecule has 0 aliphatic carbocycles. The van der Waals surface area contributed by atoms with Crippen molar-refractivity contribution < 1.29 is 14.2 Å². The van der Waals surface area contributed by atoms with E-state index >= 15 is 0 Å². The highest BCUT2D eigenvalue weighted by molar-refractivity contribution is 5.26. The highest BCUT2D eigenvalue weighted by atomic mass is 16.7. The molecule has 0 N–H and O–H groups in total. The molecule has 0 saturated heterocycles. The van der Waals surface area contributed by atoms with Crippen molar-refractivity contribution in [2.75, 3.05) is 21.0 Å². The summed E-state index contributed by atoms with van der Waals surface area (Å²) in [6.07, 6.45) is 0. The van der Waals surface area contributed by atoms with E-state index in [0.717, 1.165) is 11.3 Å². The second-order valence-electron chi connectivity index (χ2n) is 2.60. The second kappa shape index (κ2) is 5.56. The van der Waals surface area contributed by atoms with Gasteiger partial charge >= 0.3 is 0 Å². The molecule has 0 fully saturated rings. The van der Waals surface area contributed by atoms with Crippen LogP contribution in [0, 0.1) is 0 Å². The number of methoxy groups -OCH3 is 2. The molecule has 3 nitrogen and oxygen atoms in total. The van der Waals surface area contributed by atoms with E-state index < -0.39 is 0 Å². The van der Waals surface area contributed by atoms with Crippen molar-refractivity contribution in [1.82, 2.24) is 0 Å². The van der Waals surface area contributed by atoms with Gasteiger partial charge in [-0.3, -0.25) is 0 Å². The van der Waals surface area contributed by atoms with Gasteiger partial charge in [0, 0.05) is 7.11 Å². The summed E-state index contributed by atoms with van der Waals surface area (Å²) >= 11 is 0. The first-order valence-electron chi connectivity index (χ1n) is 4.06. The van der Waals surface area contributed by atoms with Gasteiger partial charge in [0.1, 0.15) is 12.5 Å². The third-order valence-corrected chi connectivity index (χ3v) is 1.63. The van der Waals surface area contributed by atoms with Crippen LogP contribution in [0.15, 0.2) is 24.3 Å². The van der Waals surface area contributed by atoms with Crippen molar-refractivity contribution in [3.8, 4) is 5.75 Å². The zero-order valence-corrected chi connectivity index (χ0v) is 7.95. The highest BCUT2D eigenvalue weighted by Crippen LogP contribution is 2.11. The van der Waals surface area contributed by atoms with E-state index in [1.54, 1.807) is 14.2 Å². The standard InChI is InChI=1S/C10H14O3/c1-11-8-13-7-9-3-5-10(12-2)6-4-9/h3-6H,7-8H2,1-2H3. The molecule has 0 saturated carbocycles. The molecule has 0 aromatic heterocycles. The molecule has 0 amide bonds. The first-order chi connectivity index (χ1) is 6.36. The first-order valence-corrected chi connectivity index (χ1v) is 4.06. The Kier molecular flexibility index (Phi) is 4.29. The molecule has 72 valence electrons. The molecule has 0 spiro atoms. The van der Waals surface area contributed by atoms with Crippen molar-refractivity contribution in [2.45, 2.75) is 6.61 Å². The van der Waals surface area contributed by atoms with E-state index in [2.05, 4.69) is 0 Å². The van der Waals surface area contributed by atoms with E-state index in [-0.39, 0.29) is 0 Å². The summed E-state index contributed by atoms with van der Waals surface area (Å²) in [5.41, 5.74) is 1.11. The Labute approximate surface area is 78.2 Å². The van der Waals surface area contributed by atoms with Crippen molar-refractivity contribution in [2.24, 2.45) is 0 Å². The number of hydrogen-bond donors (Lipinski definition) is 0. The molecular formula is C10H14O3. The smallest absolute Gasteiger partial charge is 0.146 e. The summed E-state index contributed by atoms with van der Waals surface area (Å²) in [7, 11) is 3.25. The Morgan fingerprint density at radius 1 is 1.08 bits per heavy atom. The highest BCUT2D eigenvalue weighted by Gasteiger charge is 1.93. The Morgan fingerprint density at radius 3 is 2.31 bits per heavy atom. The summed E-state index contributed by atoms with van der Waals surface area (Å²) in [5, 5.41) is 0. The van der Waals surface area contributed by atoms with Crippen LogP contribution in [0.5, 0.6) is 5.75 Å². The van der Waals surface area contributed by atoms with E-state index in [1.165, 1.54) is 0 Å². The molecule has 0 atom stereocenters. The maximum atomic E-state index is 5.18. The molecule has 0 heterocycles. The molecule has 13 heavy (non-hydrogen) atoms. The van der Waals surface area contributed by atoms with E-state index in [1.807, 2.05) is 24.3 Å². The Balaban J connectivity index is 2.40. The zero-order valence-electron chi connectivity index (χ0n) is 7.95. The third-order valence-electron chi connectivity index (χ3n) is 1.63. The van der Waals surface area contributed by atoms with Crippen molar-refractivity contribution in [3.05, 3.63) is 29.8 Å². The summed E-state index contributed by atoms with van der Waals surface area (Å²) in [6.45, 7) is 0.893. The monoisotopic (exact) mass is 182 g/mol.